The number of carbonyl (C=O) groups is 1. The van der Waals surface area contributed by atoms with E-state index in [1.54, 1.807) is 13.8 Å². The van der Waals surface area contributed by atoms with Crippen molar-refractivity contribution in [2.45, 2.75) is 13.8 Å². The molecule has 0 aromatic heterocycles. The molecule has 0 N–H and O–H groups in total. The summed E-state index contributed by atoms with van der Waals surface area (Å²) in [7, 11) is 0. The highest BCUT2D eigenvalue weighted by atomic mass is 16.5. The molecule has 0 bridgehead atoms. The molecule has 1 aliphatic rings. The van der Waals surface area contributed by atoms with Crippen LogP contribution in [0.3, 0.4) is 0 Å². The van der Waals surface area contributed by atoms with Gasteiger partial charge in [-0.3, -0.25) is 0 Å². The monoisotopic (exact) mass is 156 g/mol. The molecule has 62 valence electrons. The fourth-order valence-electron chi connectivity index (χ4n) is 0.804. The largest absolute Gasteiger partial charge is 0.463 e. The summed E-state index contributed by atoms with van der Waals surface area (Å²) in [6.07, 6.45) is 0. The summed E-state index contributed by atoms with van der Waals surface area (Å²) in [6.45, 7) is 5.18. The average molecular weight is 156 g/mol. The van der Waals surface area contributed by atoms with Gasteiger partial charge < -0.3 is 9.47 Å². The lowest BCUT2D eigenvalue weighted by Gasteiger charge is -2.19. The summed E-state index contributed by atoms with van der Waals surface area (Å²) in [4.78, 5) is 11.0. The average Bonchev–Trinajstić information content (AvgIpc) is 1.84. The molecule has 0 spiro atoms. The molecule has 0 saturated carbocycles. The van der Waals surface area contributed by atoms with Crippen LogP contribution in [0.25, 0.3) is 0 Å². The van der Waals surface area contributed by atoms with E-state index in [4.69, 9.17) is 9.47 Å². The minimum atomic E-state index is -0.217. The zero-order valence-corrected chi connectivity index (χ0v) is 6.85. The highest BCUT2D eigenvalue weighted by Gasteiger charge is 2.17. The van der Waals surface area contributed by atoms with E-state index in [2.05, 4.69) is 0 Å². The first-order valence-electron chi connectivity index (χ1n) is 3.69. The number of carbonyl (C=O) groups excluding carboxylic acids is 1. The standard InChI is InChI=1S/C8H12O3/c1-3-11-8(9)6(2)7-4-10-5-7/h3-5H2,1-2H3. The van der Waals surface area contributed by atoms with Crippen LogP contribution in [0.4, 0.5) is 0 Å². The lowest BCUT2D eigenvalue weighted by molar-refractivity contribution is -0.138. The second-order valence-electron chi connectivity index (χ2n) is 2.44. The van der Waals surface area contributed by atoms with Crippen molar-refractivity contribution in [2.24, 2.45) is 0 Å². The van der Waals surface area contributed by atoms with Crippen molar-refractivity contribution in [1.82, 2.24) is 0 Å². The molecule has 3 nitrogen and oxygen atoms in total. The van der Waals surface area contributed by atoms with E-state index in [0.717, 1.165) is 5.57 Å². The minimum absolute atomic E-state index is 0.217. The molecule has 0 unspecified atom stereocenters. The Morgan fingerprint density at radius 2 is 2.27 bits per heavy atom. The van der Waals surface area contributed by atoms with E-state index >= 15 is 0 Å². The van der Waals surface area contributed by atoms with Crippen LogP contribution in [0, 0.1) is 0 Å². The van der Waals surface area contributed by atoms with Gasteiger partial charge >= 0.3 is 5.97 Å². The van der Waals surface area contributed by atoms with Gasteiger partial charge in [0.1, 0.15) is 0 Å². The Morgan fingerprint density at radius 1 is 1.64 bits per heavy atom. The maximum absolute atomic E-state index is 11.0. The van der Waals surface area contributed by atoms with E-state index < -0.39 is 0 Å². The van der Waals surface area contributed by atoms with Crippen molar-refractivity contribution < 1.29 is 14.3 Å². The summed E-state index contributed by atoms with van der Waals surface area (Å²) < 4.78 is 9.73. The molecule has 11 heavy (non-hydrogen) atoms. The second kappa shape index (κ2) is 3.53. The lowest BCUT2D eigenvalue weighted by atomic mass is 10.1. The first kappa shape index (κ1) is 8.27. The fourth-order valence-corrected chi connectivity index (χ4v) is 0.804. The van der Waals surface area contributed by atoms with E-state index in [1.807, 2.05) is 0 Å². The summed E-state index contributed by atoms with van der Waals surface area (Å²) in [5.74, 6) is -0.217. The number of hydrogen-bond acceptors (Lipinski definition) is 3. The van der Waals surface area contributed by atoms with Gasteiger partial charge in [0.15, 0.2) is 0 Å². The predicted molar refractivity (Wildman–Crippen MR) is 40.2 cm³/mol. The van der Waals surface area contributed by atoms with Gasteiger partial charge in [0, 0.05) is 5.57 Å². The van der Waals surface area contributed by atoms with Crippen LogP contribution in [0.2, 0.25) is 0 Å². The van der Waals surface area contributed by atoms with E-state index in [1.165, 1.54) is 0 Å². The third-order valence-electron chi connectivity index (χ3n) is 1.66. The highest BCUT2D eigenvalue weighted by Crippen LogP contribution is 2.14. The summed E-state index contributed by atoms with van der Waals surface area (Å²) in [6, 6.07) is 0. The van der Waals surface area contributed by atoms with E-state index in [9.17, 15) is 4.79 Å². The summed E-state index contributed by atoms with van der Waals surface area (Å²) in [5, 5.41) is 0. The van der Waals surface area contributed by atoms with Crippen molar-refractivity contribution in [3.63, 3.8) is 0 Å². The van der Waals surface area contributed by atoms with Gasteiger partial charge in [-0.2, -0.15) is 0 Å². The molecule has 0 aromatic carbocycles. The number of ether oxygens (including phenoxy) is 2. The van der Waals surface area contributed by atoms with Crippen LogP contribution in [0.1, 0.15) is 13.8 Å². The third kappa shape index (κ3) is 1.80. The number of esters is 1. The van der Waals surface area contributed by atoms with Crippen LogP contribution < -0.4 is 0 Å². The van der Waals surface area contributed by atoms with E-state index in [-0.39, 0.29) is 5.97 Å². The molecule has 1 fully saturated rings. The smallest absolute Gasteiger partial charge is 0.333 e. The molecule has 1 saturated heterocycles. The van der Waals surface area contributed by atoms with Gasteiger partial charge in [0.05, 0.1) is 19.8 Å². The van der Waals surface area contributed by atoms with Gasteiger partial charge in [-0.15, -0.1) is 0 Å². The Morgan fingerprint density at radius 3 is 2.64 bits per heavy atom. The molecule has 0 atom stereocenters. The predicted octanol–water partition coefficient (Wildman–Crippen LogP) is 0.896. The van der Waals surface area contributed by atoms with Crippen LogP contribution >= 0.6 is 0 Å². The zero-order valence-electron chi connectivity index (χ0n) is 6.85. The van der Waals surface area contributed by atoms with Crippen LogP contribution in [0.5, 0.6) is 0 Å². The Hall–Kier alpha value is -0.830. The molecule has 0 aliphatic carbocycles. The first-order valence-corrected chi connectivity index (χ1v) is 3.69. The maximum atomic E-state index is 11.0. The van der Waals surface area contributed by atoms with Gasteiger partial charge in [-0.1, -0.05) is 0 Å². The van der Waals surface area contributed by atoms with Crippen LogP contribution in [0.15, 0.2) is 11.1 Å². The molecular weight excluding hydrogens is 144 g/mol. The second-order valence-corrected chi connectivity index (χ2v) is 2.44. The van der Waals surface area contributed by atoms with Gasteiger partial charge in [-0.05, 0) is 19.4 Å². The molecule has 3 heteroatoms. The highest BCUT2D eigenvalue weighted by molar-refractivity contribution is 5.88. The SMILES string of the molecule is CCOC(=O)C(C)=C1COC1. The van der Waals surface area contributed by atoms with Crippen molar-refractivity contribution in [1.29, 1.82) is 0 Å². The van der Waals surface area contributed by atoms with Gasteiger partial charge in [-0.25, -0.2) is 4.79 Å². The molecule has 0 amide bonds. The van der Waals surface area contributed by atoms with Crippen LogP contribution in [-0.2, 0) is 14.3 Å². The molecular formula is C8H12O3. The van der Waals surface area contributed by atoms with Gasteiger partial charge in [0.2, 0.25) is 0 Å². The number of hydrogen-bond donors (Lipinski definition) is 0. The van der Waals surface area contributed by atoms with Crippen molar-refractivity contribution >= 4 is 5.97 Å². The maximum Gasteiger partial charge on any atom is 0.333 e. The minimum Gasteiger partial charge on any atom is -0.463 e. The Balaban J connectivity index is 2.51. The quantitative estimate of drug-likeness (QED) is 0.440. The Kier molecular flexibility index (Phi) is 2.65. The third-order valence-corrected chi connectivity index (χ3v) is 1.66. The summed E-state index contributed by atoms with van der Waals surface area (Å²) >= 11 is 0. The molecule has 0 aromatic rings. The molecule has 1 aliphatic heterocycles. The molecule has 0 radical (unpaired) electrons. The Bertz CT molecular complexity index is 188. The normalized spacial score (nSPS) is 15.6. The zero-order chi connectivity index (χ0) is 8.27. The topological polar surface area (TPSA) is 35.5 Å². The Labute approximate surface area is 66.0 Å². The van der Waals surface area contributed by atoms with Crippen LogP contribution in [-0.4, -0.2) is 25.8 Å². The lowest BCUT2D eigenvalue weighted by Crippen LogP contribution is -2.21. The molecule has 1 heterocycles. The van der Waals surface area contributed by atoms with Crippen molar-refractivity contribution in [2.75, 3.05) is 19.8 Å². The number of rotatable bonds is 2. The van der Waals surface area contributed by atoms with Crippen molar-refractivity contribution in [3.05, 3.63) is 11.1 Å². The summed E-state index contributed by atoms with van der Waals surface area (Å²) in [5.41, 5.74) is 1.77. The fraction of sp³-hybridized carbons (Fsp3) is 0.625. The van der Waals surface area contributed by atoms with E-state index in [0.29, 0.717) is 25.4 Å². The van der Waals surface area contributed by atoms with Gasteiger partial charge in [0.25, 0.3) is 0 Å². The van der Waals surface area contributed by atoms with Crippen molar-refractivity contribution in [3.8, 4) is 0 Å². The molecule has 1 rings (SSSR count). The first-order chi connectivity index (χ1) is 5.25.